The number of hydrogen-bond acceptors (Lipinski definition) is 4. The standard InChI is InChI=1S/C32H36GeNO.C5H8O2.Ir/c1-20(2)17-22-13-14-25-28-27(35-31(25)29(22)33(6,7)8)15-16-34-30(28)23-18-21-11-9-10-12-24(21)26(19-23)32(3,4)5;1-4(6)3-5(2)7;/h9-16,19-20H,17H2,1-8H3;3,6H,1-2H3;/q-1;;/b;4-3-;. The molecule has 3 aromatic carbocycles. The summed E-state index contributed by atoms with van der Waals surface area (Å²) in [5.41, 5.74) is 6.77. The van der Waals surface area contributed by atoms with Gasteiger partial charge in [0.05, 0.1) is 5.76 Å². The van der Waals surface area contributed by atoms with Crippen LogP contribution in [0, 0.1) is 12.0 Å². The van der Waals surface area contributed by atoms with E-state index in [-0.39, 0.29) is 37.1 Å². The van der Waals surface area contributed by atoms with Gasteiger partial charge in [0.2, 0.25) is 0 Å². The molecule has 0 saturated heterocycles. The van der Waals surface area contributed by atoms with Gasteiger partial charge in [-0.15, -0.1) is 0 Å². The van der Waals surface area contributed by atoms with Crippen molar-refractivity contribution < 1.29 is 34.4 Å². The van der Waals surface area contributed by atoms with Crippen LogP contribution in [0.3, 0.4) is 0 Å². The van der Waals surface area contributed by atoms with E-state index in [1.807, 2.05) is 12.3 Å². The van der Waals surface area contributed by atoms with Crippen LogP contribution in [-0.4, -0.2) is 29.1 Å². The number of ketones is 1. The molecular formula is C37H44GeIrNO3-. The molecule has 0 spiro atoms. The maximum atomic E-state index is 10.0. The number of fused-ring (bicyclic) bond motifs is 4. The van der Waals surface area contributed by atoms with Crippen molar-refractivity contribution in [1.82, 2.24) is 4.98 Å². The molecule has 0 unspecified atom stereocenters. The molecule has 0 aliphatic rings. The van der Waals surface area contributed by atoms with Crippen molar-refractivity contribution in [3.63, 3.8) is 0 Å². The van der Waals surface area contributed by atoms with E-state index in [0.717, 1.165) is 39.6 Å². The van der Waals surface area contributed by atoms with Crippen LogP contribution < -0.4 is 4.40 Å². The Morgan fingerprint density at radius 1 is 1.05 bits per heavy atom. The molecule has 2 heterocycles. The molecule has 5 rings (SSSR count). The van der Waals surface area contributed by atoms with Crippen molar-refractivity contribution in [2.75, 3.05) is 0 Å². The number of carbonyl (C=O) groups excluding carboxylic acids is 1. The first-order chi connectivity index (χ1) is 19.6. The number of benzene rings is 3. The van der Waals surface area contributed by atoms with Gasteiger partial charge in [-0.1, -0.05) is 0 Å². The summed E-state index contributed by atoms with van der Waals surface area (Å²) in [6.07, 6.45) is 4.14. The molecule has 0 aliphatic carbocycles. The molecule has 5 aromatic rings. The number of aliphatic hydroxyl groups excluding tert-OH is 1. The molecule has 1 radical (unpaired) electrons. The fraction of sp³-hybridized carbons (Fsp3) is 0.351. The van der Waals surface area contributed by atoms with Crippen molar-refractivity contribution >= 4 is 56.2 Å². The van der Waals surface area contributed by atoms with Crippen LogP contribution >= 0.6 is 0 Å². The normalized spacial score (nSPS) is 12.4. The van der Waals surface area contributed by atoms with Gasteiger partial charge in [-0.05, 0) is 13.8 Å². The van der Waals surface area contributed by atoms with Crippen molar-refractivity contribution in [1.29, 1.82) is 0 Å². The molecule has 0 amide bonds. The van der Waals surface area contributed by atoms with Crippen LogP contribution in [-0.2, 0) is 36.7 Å². The second-order valence-corrected chi connectivity index (χ2v) is 24.2. The first-order valence-electron chi connectivity index (χ1n) is 14.7. The summed E-state index contributed by atoms with van der Waals surface area (Å²) < 4.78 is 8.17. The topological polar surface area (TPSA) is 63.3 Å². The van der Waals surface area contributed by atoms with E-state index in [0.29, 0.717) is 5.92 Å². The van der Waals surface area contributed by atoms with Gasteiger partial charge in [-0.25, -0.2) is 0 Å². The summed E-state index contributed by atoms with van der Waals surface area (Å²) in [6, 6.07) is 21.2. The Morgan fingerprint density at radius 3 is 2.28 bits per heavy atom. The summed E-state index contributed by atoms with van der Waals surface area (Å²) in [6.45, 7) is 14.3. The minimum Gasteiger partial charge on any atom is 0 e. The third kappa shape index (κ3) is 7.87. The number of nitrogens with zero attached hydrogens (tertiary/aromatic N) is 1. The SMILES string of the molecule is CC(=O)/C=C(/C)O.CC(C)Cc1ccc2c(oc3ccnc(-c4[c-]c5ccccc5c(C(C)(C)C)c4)c32)[c]1[Ge]([CH3])([CH3])[CH3].[Ir]. The predicted octanol–water partition coefficient (Wildman–Crippen LogP) is 9.68. The Hall–Kier alpha value is -2.73. The minimum absolute atomic E-state index is 0. The molecule has 0 saturated carbocycles. The maximum absolute atomic E-state index is 10.0. The van der Waals surface area contributed by atoms with Crippen LogP contribution in [0.2, 0.25) is 17.3 Å². The number of rotatable bonds is 5. The summed E-state index contributed by atoms with van der Waals surface area (Å²) in [4.78, 5) is 14.9. The van der Waals surface area contributed by atoms with Gasteiger partial charge in [0, 0.05) is 26.2 Å². The first-order valence-corrected chi connectivity index (χ1v) is 22.1. The van der Waals surface area contributed by atoms with E-state index in [1.54, 1.807) is 0 Å². The quantitative estimate of drug-likeness (QED) is 0.0832. The average Bonchev–Trinajstić information content (AvgIpc) is 3.24. The van der Waals surface area contributed by atoms with Crippen LogP contribution in [0.4, 0.5) is 0 Å². The van der Waals surface area contributed by atoms with Crippen LogP contribution in [0.5, 0.6) is 0 Å². The summed E-state index contributed by atoms with van der Waals surface area (Å²) in [5.74, 6) is 7.96. The van der Waals surface area contributed by atoms with Gasteiger partial charge >= 0.3 is 213 Å². The van der Waals surface area contributed by atoms with E-state index >= 15 is 0 Å². The second kappa shape index (κ2) is 13.5. The Bertz CT molecular complexity index is 1800. The Balaban J connectivity index is 0.000000567. The van der Waals surface area contributed by atoms with Crippen molar-refractivity contribution in [2.45, 2.75) is 77.6 Å². The molecule has 0 fully saturated rings. The van der Waals surface area contributed by atoms with Crippen LogP contribution in [0.25, 0.3) is 44.0 Å². The van der Waals surface area contributed by atoms with Crippen LogP contribution in [0.1, 0.15) is 59.6 Å². The van der Waals surface area contributed by atoms with E-state index in [2.05, 4.69) is 100 Å². The van der Waals surface area contributed by atoms with Gasteiger partial charge in [-0.2, -0.15) is 0 Å². The Morgan fingerprint density at radius 2 is 1.72 bits per heavy atom. The smallest absolute Gasteiger partial charge is 0 e. The maximum Gasteiger partial charge on any atom is 0 e. The number of hydrogen-bond donors (Lipinski definition) is 1. The number of furan rings is 1. The van der Waals surface area contributed by atoms with Gasteiger partial charge in [0.1, 0.15) is 0 Å². The summed E-state index contributed by atoms with van der Waals surface area (Å²) in [5, 5.41) is 13.0. The number of aromatic nitrogens is 1. The number of allylic oxidation sites excluding steroid dienone is 2. The Labute approximate surface area is 272 Å². The number of carbonyl (C=O) groups is 1. The molecule has 43 heavy (non-hydrogen) atoms. The van der Waals surface area contributed by atoms with Crippen LogP contribution in [0.15, 0.2) is 71.0 Å². The monoisotopic (exact) mass is 817 g/mol. The largest absolute Gasteiger partial charge is 0 e. The number of aliphatic hydroxyl groups is 1. The number of pyridine rings is 1. The molecular weight excluding hydrogens is 771 g/mol. The molecule has 1 N–H and O–H groups in total. The molecule has 0 aliphatic heterocycles. The molecule has 6 heteroatoms. The zero-order valence-electron chi connectivity index (χ0n) is 27.1. The first kappa shape index (κ1) is 34.8. The van der Waals surface area contributed by atoms with E-state index in [4.69, 9.17) is 14.5 Å². The van der Waals surface area contributed by atoms with Gasteiger partial charge in [-0.3, -0.25) is 4.79 Å². The van der Waals surface area contributed by atoms with E-state index in [9.17, 15) is 4.79 Å². The van der Waals surface area contributed by atoms with Crippen molar-refractivity contribution in [2.24, 2.45) is 5.92 Å². The molecule has 0 atom stereocenters. The zero-order chi connectivity index (χ0) is 31.0. The third-order valence-electron chi connectivity index (χ3n) is 7.27. The van der Waals surface area contributed by atoms with E-state index in [1.165, 1.54) is 46.2 Å². The second-order valence-electron chi connectivity index (χ2n) is 13.7. The Kier molecular flexibility index (Phi) is 10.9. The van der Waals surface area contributed by atoms with Gasteiger partial charge < -0.3 is 5.11 Å². The average molecular weight is 816 g/mol. The van der Waals surface area contributed by atoms with Crippen molar-refractivity contribution in [3.8, 4) is 11.3 Å². The molecule has 4 nitrogen and oxygen atoms in total. The predicted molar refractivity (Wildman–Crippen MR) is 181 cm³/mol. The van der Waals surface area contributed by atoms with E-state index < -0.39 is 13.3 Å². The van der Waals surface area contributed by atoms with Gasteiger partial charge in [0.15, 0.2) is 5.78 Å². The molecule has 229 valence electrons. The molecule has 0 bridgehead atoms. The fourth-order valence-electron chi connectivity index (χ4n) is 5.73. The van der Waals surface area contributed by atoms with Gasteiger partial charge in [0.25, 0.3) is 0 Å². The minimum atomic E-state index is -2.23. The zero-order valence-corrected chi connectivity index (χ0v) is 31.6. The summed E-state index contributed by atoms with van der Waals surface area (Å²) in [7, 11) is 0. The fourth-order valence-corrected chi connectivity index (χ4v) is 9.96. The van der Waals surface area contributed by atoms with Crippen molar-refractivity contribution in [3.05, 3.63) is 83.8 Å². The molecule has 2 aromatic heterocycles. The summed E-state index contributed by atoms with van der Waals surface area (Å²) >= 11 is -2.23. The third-order valence-corrected chi connectivity index (χ3v) is 11.6.